The number of thiophene rings is 1. The highest BCUT2D eigenvalue weighted by Crippen LogP contribution is 2.17. The molecule has 0 saturated carbocycles. The van der Waals surface area contributed by atoms with E-state index in [1.54, 1.807) is 18.3 Å². The van der Waals surface area contributed by atoms with Crippen molar-refractivity contribution in [3.63, 3.8) is 0 Å². The van der Waals surface area contributed by atoms with Gasteiger partial charge in [-0.05, 0) is 40.2 Å². The van der Waals surface area contributed by atoms with Crippen LogP contribution in [0.4, 0.5) is 0 Å². The molecule has 2 rings (SSSR count). The maximum Gasteiger partial charge on any atom is 0.271 e. The summed E-state index contributed by atoms with van der Waals surface area (Å²) < 4.78 is 0.980. The van der Waals surface area contributed by atoms with Gasteiger partial charge in [0.05, 0.1) is 6.21 Å². The fourth-order valence-corrected chi connectivity index (χ4v) is 2.57. The van der Waals surface area contributed by atoms with Crippen LogP contribution in [0.1, 0.15) is 15.2 Å². The topological polar surface area (TPSA) is 61.7 Å². The molecule has 0 aliphatic rings. The summed E-state index contributed by atoms with van der Waals surface area (Å²) in [6.45, 7) is 0. The Kier molecular flexibility index (Phi) is 4.11. The van der Waals surface area contributed by atoms with E-state index in [-0.39, 0.29) is 11.7 Å². The fraction of sp³-hybridized carbons (Fsp3) is 0. The van der Waals surface area contributed by atoms with Crippen LogP contribution in [0.3, 0.4) is 0 Å². The number of benzene rings is 1. The van der Waals surface area contributed by atoms with E-state index >= 15 is 0 Å². The lowest BCUT2D eigenvalue weighted by Crippen LogP contribution is -2.17. The molecule has 0 spiro atoms. The first-order chi connectivity index (χ1) is 8.65. The number of nitrogens with one attached hydrogen (secondary N) is 1. The number of phenols is 1. The van der Waals surface area contributed by atoms with Gasteiger partial charge in [-0.3, -0.25) is 4.79 Å². The highest BCUT2D eigenvalue weighted by molar-refractivity contribution is 9.10. The van der Waals surface area contributed by atoms with Crippen LogP contribution in [0.2, 0.25) is 0 Å². The predicted octanol–water partition coefficient (Wildman–Crippen LogP) is 2.98. The largest absolute Gasteiger partial charge is 0.508 e. The molecule has 1 aromatic heterocycles. The minimum absolute atomic E-state index is 0.0498. The summed E-state index contributed by atoms with van der Waals surface area (Å²) in [4.78, 5) is 12.6. The Bertz CT molecular complexity index is 595. The van der Waals surface area contributed by atoms with Crippen molar-refractivity contribution in [2.75, 3.05) is 0 Å². The van der Waals surface area contributed by atoms with Gasteiger partial charge in [0.2, 0.25) is 0 Å². The molecule has 6 heteroatoms. The van der Waals surface area contributed by atoms with Crippen molar-refractivity contribution in [3.05, 3.63) is 50.6 Å². The molecule has 0 aliphatic heterocycles. The molecule has 0 saturated heterocycles. The number of amides is 1. The number of hydrazone groups is 1. The van der Waals surface area contributed by atoms with Gasteiger partial charge >= 0.3 is 0 Å². The zero-order chi connectivity index (χ0) is 13.0. The number of rotatable bonds is 3. The predicted molar refractivity (Wildman–Crippen MR) is 75.2 cm³/mol. The van der Waals surface area contributed by atoms with Crippen molar-refractivity contribution in [2.24, 2.45) is 5.10 Å². The van der Waals surface area contributed by atoms with Crippen LogP contribution in [0.5, 0.6) is 5.75 Å². The van der Waals surface area contributed by atoms with Crippen molar-refractivity contribution < 1.29 is 9.90 Å². The summed E-state index contributed by atoms with van der Waals surface area (Å²) in [5.41, 5.74) is 2.76. The summed E-state index contributed by atoms with van der Waals surface area (Å²) >= 11 is 4.84. The molecule has 0 atom stereocenters. The normalized spacial score (nSPS) is 10.7. The number of hydrogen-bond acceptors (Lipinski definition) is 4. The lowest BCUT2D eigenvalue weighted by atomic mass is 10.2. The van der Waals surface area contributed by atoms with Crippen molar-refractivity contribution in [2.45, 2.75) is 0 Å². The van der Waals surface area contributed by atoms with Gasteiger partial charge in [0.25, 0.3) is 5.91 Å². The third-order valence-corrected chi connectivity index (χ3v) is 3.68. The molecule has 0 bridgehead atoms. The molecule has 1 amide bonds. The average Bonchev–Trinajstić information content (AvgIpc) is 2.75. The number of hydrogen-bond donors (Lipinski definition) is 2. The number of carbonyl (C=O) groups is 1. The van der Waals surface area contributed by atoms with Gasteiger partial charge in [0, 0.05) is 20.3 Å². The smallest absolute Gasteiger partial charge is 0.271 e. The molecule has 18 heavy (non-hydrogen) atoms. The van der Waals surface area contributed by atoms with Crippen LogP contribution in [0.25, 0.3) is 0 Å². The molecule has 1 heterocycles. The fourth-order valence-electron chi connectivity index (χ4n) is 1.26. The number of aromatic hydroxyl groups is 1. The average molecular weight is 325 g/mol. The lowest BCUT2D eigenvalue weighted by Gasteiger charge is -1.99. The van der Waals surface area contributed by atoms with E-state index in [0.717, 1.165) is 9.35 Å². The quantitative estimate of drug-likeness (QED) is 0.673. The van der Waals surface area contributed by atoms with Crippen molar-refractivity contribution >= 4 is 39.4 Å². The molecule has 92 valence electrons. The minimum atomic E-state index is -0.363. The van der Waals surface area contributed by atoms with E-state index in [2.05, 4.69) is 26.5 Å². The Morgan fingerprint density at radius 3 is 2.94 bits per heavy atom. The molecule has 0 fully saturated rings. The summed E-state index contributed by atoms with van der Waals surface area (Å²) in [7, 11) is 0. The highest BCUT2D eigenvalue weighted by Gasteiger charge is 2.04. The molecule has 0 radical (unpaired) electrons. The Balaban J connectivity index is 1.98. The highest BCUT2D eigenvalue weighted by atomic mass is 79.9. The summed E-state index contributed by atoms with van der Waals surface area (Å²) in [5.74, 6) is -0.313. The molecular weight excluding hydrogens is 316 g/mol. The van der Waals surface area contributed by atoms with Gasteiger partial charge in [-0.25, -0.2) is 5.43 Å². The van der Waals surface area contributed by atoms with Gasteiger partial charge in [-0.1, -0.05) is 6.07 Å². The standard InChI is InChI=1S/C12H9BrN2O2S/c13-9-5-11(18-7-9)6-14-15-12(17)8-2-1-3-10(16)4-8/h1-7,16H,(H,15,17)/b14-6-. The van der Waals surface area contributed by atoms with E-state index < -0.39 is 0 Å². The third-order valence-electron chi connectivity index (χ3n) is 2.05. The maximum absolute atomic E-state index is 11.7. The summed E-state index contributed by atoms with van der Waals surface area (Å²) in [5, 5.41) is 15.0. The van der Waals surface area contributed by atoms with Gasteiger partial charge in [-0.2, -0.15) is 5.10 Å². The van der Waals surface area contributed by atoms with Gasteiger partial charge in [-0.15, -0.1) is 11.3 Å². The molecule has 2 N–H and O–H groups in total. The molecular formula is C12H9BrN2O2S. The van der Waals surface area contributed by atoms with Crippen LogP contribution < -0.4 is 5.43 Å². The monoisotopic (exact) mass is 324 g/mol. The van der Waals surface area contributed by atoms with Crippen LogP contribution >= 0.6 is 27.3 Å². The second-order valence-electron chi connectivity index (χ2n) is 3.42. The maximum atomic E-state index is 11.7. The second kappa shape index (κ2) is 5.79. The zero-order valence-electron chi connectivity index (χ0n) is 9.13. The van der Waals surface area contributed by atoms with Crippen LogP contribution in [0, 0.1) is 0 Å². The molecule has 2 aromatic rings. The second-order valence-corrected chi connectivity index (χ2v) is 5.28. The van der Waals surface area contributed by atoms with E-state index in [1.165, 1.54) is 23.5 Å². The Morgan fingerprint density at radius 1 is 1.44 bits per heavy atom. The van der Waals surface area contributed by atoms with E-state index in [9.17, 15) is 9.90 Å². The third kappa shape index (κ3) is 3.41. The molecule has 0 aliphatic carbocycles. The summed E-state index contributed by atoms with van der Waals surface area (Å²) in [6.07, 6.45) is 1.57. The van der Waals surface area contributed by atoms with E-state index in [4.69, 9.17) is 0 Å². The van der Waals surface area contributed by atoms with Gasteiger partial charge in [0.15, 0.2) is 0 Å². The van der Waals surface area contributed by atoms with E-state index in [1.807, 2.05) is 11.4 Å². The molecule has 4 nitrogen and oxygen atoms in total. The number of halogens is 1. The van der Waals surface area contributed by atoms with Gasteiger partial charge < -0.3 is 5.11 Å². The zero-order valence-corrected chi connectivity index (χ0v) is 11.5. The Labute approximate surface area is 116 Å². The summed E-state index contributed by atoms with van der Waals surface area (Å²) in [6, 6.07) is 7.99. The number of carbonyl (C=O) groups excluding carboxylic acids is 1. The van der Waals surface area contributed by atoms with Crippen molar-refractivity contribution in [1.29, 1.82) is 0 Å². The molecule has 1 aromatic carbocycles. The Hall–Kier alpha value is -1.66. The number of nitrogens with zero attached hydrogens (tertiary/aromatic N) is 1. The van der Waals surface area contributed by atoms with Crippen molar-refractivity contribution in [3.8, 4) is 5.75 Å². The van der Waals surface area contributed by atoms with E-state index in [0.29, 0.717) is 5.56 Å². The van der Waals surface area contributed by atoms with Crippen LogP contribution in [-0.4, -0.2) is 17.2 Å². The Morgan fingerprint density at radius 2 is 2.28 bits per heavy atom. The van der Waals surface area contributed by atoms with Crippen molar-refractivity contribution in [1.82, 2.24) is 5.43 Å². The van der Waals surface area contributed by atoms with Crippen LogP contribution in [0.15, 0.2) is 45.3 Å². The first-order valence-corrected chi connectivity index (χ1v) is 6.69. The minimum Gasteiger partial charge on any atom is -0.508 e. The SMILES string of the molecule is O=C(N/N=C\c1cc(Br)cs1)c1cccc(O)c1. The number of phenolic OH excluding ortho intramolecular Hbond substituents is 1. The first-order valence-electron chi connectivity index (χ1n) is 5.01. The molecule has 0 unspecified atom stereocenters. The first kappa shape index (κ1) is 12.8. The lowest BCUT2D eigenvalue weighted by molar-refractivity contribution is 0.0954. The van der Waals surface area contributed by atoms with Gasteiger partial charge in [0.1, 0.15) is 5.75 Å². The van der Waals surface area contributed by atoms with Crippen LogP contribution in [-0.2, 0) is 0 Å².